The number of ether oxygens (including phenoxy) is 1. The van der Waals surface area contributed by atoms with Gasteiger partial charge in [-0.2, -0.15) is 8.78 Å². The minimum absolute atomic E-state index is 0.0411. The highest BCUT2D eigenvalue weighted by Crippen LogP contribution is 2.22. The zero-order valence-corrected chi connectivity index (χ0v) is 17.2. The molecule has 2 aromatic carbocycles. The molecular formula is C21H22F2N6O2. The van der Waals surface area contributed by atoms with Crippen molar-refractivity contribution in [2.45, 2.75) is 13.5 Å². The van der Waals surface area contributed by atoms with Gasteiger partial charge < -0.3 is 25.6 Å². The Morgan fingerprint density at radius 2 is 1.65 bits per heavy atom. The van der Waals surface area contributed by atoms with E-state index in [1.165, 1.54) is 18.2 Å². The first kappa shape index (κ1) is 21.8. The number of nitrogens with one attached hydrogen (secondary N) is 3. The van der Waals surface area contributed by atoms with Crippen LogP contribution in [0.1, 0.15) is 5.82 Å². The highest BCUT2D eigenvalue weighted by Gasteiger charge is 2.08. The largest absolute Gasteiger partial charge is 0.435 e. The molecule has 0 radical (unpaired) electrons. The minimum atomic E-state index is -2.93. The third kappa shape index (κ3) is 6.53. The fourth-order valence-corrected chi connectivity index (χ4v) is 2.67. The molecule has 0 fully saturated rings. The van der Waals surface area contributed by atoms with Crippen LogP contribution in [0, 0.1) is 6.92 Å². The Kier molecular flexibility index (Phi) is 6.81. The SMILES string of the molecule is Cc1nc(Nc2ccc(NC(=O)Nc3cccc(OC(F)F)c3)cc2)cc(N(C)C)n1. The van der Waals surface area contributed by atoms with E-state index >= 15 is 0 Å². The highest BCUT2D eigenvalue weighted by molar-refractivity contribution is 5.99. The second-order valence-corrected chi connectivity index (χ2v) is 6.74. The predicted molar refractivity (Wildman–Crippen MR) is 117 cm³/mol. The summed E-state index contributed by atoms with van der Waals surface area (Å²) >= 11 is 0. The zero-order chi connectivity index (χ0) is 22.4. The van der Waals surface area contributed by atoms with Crippen LogP contribution in [0.15, 0.2) is 54.6 Å². The molecular weight excluding hydrogens is 406 g/mol. The maximum absolute atomic E-state index is 12.3. The number of aromatic nitrogens is 2. The third-order valence-electron chi connectivity index (χ3n) is 4.01. The summed E-state index contributed by atoms with van der Waals surface area (Å²) in [5, 5.41) is 8.45. The van der Waals surface area contributed by atoms with E-state index < -0.39 is 12.6 Å². The third-order valence-corrected chi connectivity index (χ3v) is 4.01. The van der Waals surface area contributed by atoms with Crippen LogP contribution in [0.3, 0.4) is 0 Å². The van der Waals surface area contributed by atoms with Crippen molar-refractivity contribution in [1.82, 2.24) is 9.97 Å². The van der Waals surface area contributed by atoms with Crippen LogP contribution < -0.4 is 25.6 Å². The summed E-state index contributed by atoms with van der Waals surface area (Å²) < 4.78 is 28.9. The molecule has 8 nitrogen and oxygen atoms in total. The Morgan fingerprint density at radius 3 is 2.32 bits per heavy atom. The van der Waals surface area contributed by atoms with Crippen molar-refractivity contribution in [2.75, 3.05) is 34.9 Å². The number of amides is 2. The second kappa shape index (κ2) is 9.70. The van der Waals surface area contributed by atoms with Gasteiger partial charge in [0.15, 0.2) is 0 Å². The maximum Gasteiger partial charge on any atom is 0.387 e. The van der Waals surface area contributed by atoms with Crippen molar-refractivity contribution >= 4 is 34.7 Å². The first-order chi connectivity index (χ1) is 14.8. The summed E-state index contributed by atoms with van der Waals surface area (Å²) in [7, 11) is 3.80. The van der Waals surface area contributed by atoms with Gasteiger partial charge >= 0.3 is 12.6 Å². The molecule has 0 bridgehead atoms. The van der Waals surface area contributed by atoms with Crippen molar-refractivity contribution < 1.29 is 18.3 Å². The van der Waals surface area contributed by atoms with Crippen LogP contribution in [0.2, 0.25) is 0 Å². The number of anilines is 5. The maximum atomic E-state index is 12.3. The number of carbonyl (C=O) groups is 1. The van der Waals surface area contributed by atoms with Gasteiger partial charge in [-0.15, -0.1) is 0 Å². The Morgan fingerprint density at radius 1 is 0.968 bits per heavy atom. The monoisotopic (exact) mass is 428 g/mol. The molecule has 0 saturated carbocycles. The van der Waals surface area contributed by atoms with Gasteiger partial charge in [0.25, 0.3) is 0 Å². The molecule has 0 saturated heterocycles. The van der Waals surface area contributed by atoms with E-state index in [0.717, 1.165) is 11.5 Å². The first-order valence-electron chi connectivity index (χ1n) is 9.31. The summed E-state index contributed by atoms with van der Waals surface area (Å²) in [5.74, 6) is 2.04. The van der Waals surface area contributed by atoms with Crippen molar-refractivity contribution in [3.8, 4) is 5.75 Å². The van der Waals surface area contributed by atoms with Crippen LogP contribution in [0.4, 0.5) is 42.3 Å². The van der Waals surface area contributed by atoms with Crippen molar-refractivity contribution in [3.63, 3.8) is 0 Å². The predicted octanol–water partition coefficient (Wildman–Crippen LogP) is 4.84. The van der Waals surface area contributed by atoms with E-state index in [2.05, 4.69) is 30.7 Å². The van der Waals surface area contributed by atoms with Crippen LogP contribution in [-0.2, 0) is 0 Å². The summed E-state index contributed by atoms with van der Waals surface area (Å²) in [4.78, 5) is 22.8. The quantitative estimate of drug-likeness (QED) is 0.499. The number of hydrogen-bond donors (Lipinski definition) is 3. The molecule has 0 aliphatic rings. The molecule has 1 aromatic heterocycles. The zero-order valence-electron chi connectivity index (χ0n) is 17.2. The van der Waals surface area contributed by atoms with Gasteiger partial charge in [-0.3, -0.25) is 0 Å². The van der Waals surface area contributed by atoms with Crippen molar-refractivity contribution in [2.24, 2.45) is 0 Å². The molecule has 0 aliphatic carbocycles. The molecule has 0 aliphatic heterocycles. The number of halogens is 2. The Labute approximate surface area is 178 Å². The van der Waals surface area contributed by atoms with Crippen LogP contribution >= 0.6 is 0 Å². The van der Waals surface area contributed by atoms with E-state index in [4.69, 9.17) is 0 Å². The van der Waals surface area contributed by atoms with Gasteiger partial charge in [-0.25, -0.2) is 14.8 Å². The Bertz CT molecular complexity index is 1040. The number of nitrogens with zero attached hydrogens (tertiary/aromatic N) is 3. The molecule has 3 N–H and O–H groups in total. The number of alkyl halides is 2. The van der Waals surface area contributed by atoms with E-state index in [1.54, 1.807) is 30.3 Å². The molecule has 3 aromatic rings. The molecule has 0 spiro atoms. The van der Waals surface area contributed by atoms with Gasteiger partial charge in [0.2, 0.25) is 0 Å². The lowest BCUT2D eigenvalue weighted by Crippen LogP contribution is -2.19. The molecule has 162 valence electrons. The van der Waals surface area contributed by atoms with Crippen molar-refractivity contribution in [3.05, 3.63) is 60.4 Å². The average Bonchev–Trinajstić information content (AvgIpc) is 2.68. The van der Waals surface area contributed by atoms with Gasteiger partial charge in [-0.05, 0) is 43.3 Å². The van der Waals surface area contributed by atoms with Gasteiger partial charge in [-0.1, -0.05) is 6.07 Å². The number of benzene rings is 2. The summed E-state index contributed by atoms with van der Waals surface area (Å²) in [6.45, 7) is -1.11. The summed E-state index contributed by atoms with van der Waals surface area (Å²) in [5.41, 5.74) is 1.66. The summed E-state index contributed by atoms with van der Waals surface area (Å²) in [6.07, 6.45) is 0. The standard InChI is InChI=1S/C21H22F2N6O2/c1-13-24-18(12-19(25-13)29(2)3)26-14-7-9-15(10-8-14)27-21(30)28-16-5-4-6-17(11-16)31-20(22)23/h4-12,20H,1-3H3,(H,24,25,26)(H2,27,28,30). The van der Waals surface area contributed by atoms with Gasteiger partial charge in [0.1, 0.15) is 23.2 Å². The van der Waals surface area contributed by atoms with Crippen LogP contribution in [0.5, 0.6) is 5.75 Å². The highest BCUT2D eigenvalue weighted by atomic mass is 19.3. The van der Waals surface area contributed by atoms with E-state index in [0.29, 0.717) is 23.0 Å². The molecule has 10 heteroatoms. The minimum Gasteiger partial charge on any atom is -0.435 e. The second-order valence-electron chi connectivity index (χ2n) is 6.74. The smallest absolute Gasteiger partial charge is 0.387 e. The lowest BCUT2D eigenvalue weighted by molar-refractivity contribution is -0.0497. The lowest BCUT2D eigenvalue weighted by Gasteiger charge is -2.14. The fraction of sp³-hybridized carbons (Fsp3) is 0.190. The number of aryl methyl sites for hydroxylation is 1. The number of urea groups is 1. The molecule has 31 heavy (non-hydrogen) atoms. The van der Waals surface area contributed by atoms with E-state index in [-0.39, 0.29) is 5.75 Å². The number of carbonyl (C=O) groups excluding carboxylic acids is 1. The molecule has 0 atom stereocenters. The topological polar surface area (TPSA) is 91.4 Å². The molecule has 1 heterocycles. The van der Waals surface area contributed by atoms with E-state index in [9.17, 15) is 13.6 Å². The van der Waals surface area contributed by atoms with Crippen LogP contribution in [-0.4, -0.2) is 36.7 Å². The fourth-order valence-electron chi connectivity index (χ4n) is 2.67. The lowest BCUT2D eigenvalue weighted by atomic mass is 10.2. The number of rotatable bonds is 7. The van der Waals surface area contributed by atoms with Gasteiger partial charge in [0.05, 0.1) is 0 Å². The normalized spacial score (nSPS) is 10.5. The van der Waals surface area contributed by atoms with Crippen molar-refractivity contribution in [1.29, 1.82) is 0 Å². The Hall–Kier alpha value is -3.95. The average molecular weight is 428 g/mol. The first-order valence-corrected chi connectivity index (χ1v) is 9.31. The number of hydrogen-bond acceptors (Lipinski definition) is 6. The summed E-state index contributed by atoms with van der Waals surface area (Å²) in [6, 6.07) is 14.1. The Balaban J connectivity index is 1.60. The van der Waals surface area contributed by atoms with Crippen LogP contribution in [0.25, 0.3) is 0 Å². The van der Waals surface area contributed by atoms with E-state index in [1.807, 2.05) is 32.0 Å². The molecule has 0 unspecified atom stereocenters. The molecule has 3 rings (SSSR count). The van der Waals surface area contributed by atoms with Gasteiger partial charge in [0, 0.05) is 43.3 Å². The molecule has 2 amide bonds.